The minimum absolute atomic E-state index is 0.449. The Morgan fingerprint density at radius 3 is 2.42 bits per heavy atom. The van der Waals surface area contributed by atoms with Crippen LogP contribution in [0.3, 0.4) is 0 Å². The summed E-state index contributed by atoms with van der Waals surface area (Å²) in [5.74, 6) is -1.56. The highest BCUT2D eigenvalue weighted by Gasteiger charge is 2.37. The molecule has 0 aliphatic rings. The van der Waals surface area contributed by atoms with Crippen molar-refractivity contribution in [1.82, 2.24) is 5.32 Å². The summed E-state index contributed by atoms with van der Waals surface area (Å²) in [5.41, 5.74) is 4.75. The summed E-state index contributed by atoms with van der Waals surface area (Å²) >= 11 is 0. The number of carbonyl (C=O) groups excluding carboxylic acids is 1. The molecule has 5 heteroatoms. The predicted molar refractivity (Wildman–Crippen MR) is 72.5 cm³/mol. The van der Waals surface area contributed by atoms with Crippen molar-refractivity contribution in [3.05, 3.63) is 35.9 Å². The molecule has 104 valence electrons. The van der Waals surface area contributed by atoms with Crippen LogP contribution in [-0.2, 0) is 15.1 Å². The minimum atomic E-state index is -1.47. The molecule has 5 nitrogen and oxygen atoms in total. The Balaban J connectivity index is 2.96. The Bertz CT molecular complexity index is 447. The normalized spacial score (nSPS) is 15.3. The van der Waals surface area contributed by atoms with E-state index in [4.69, 9.17) is 5.73 Å². The smallest absolute Gasteiger partial charge is 0.333 e. The first-order chi connectivity index (χ1) is 8.91. The van der Waals surface area contributed by atoms with Gasteiger partial charge in [0, 0.05) is 0 Å². The van der Waals surface area contributed by atoms with Gasteiger partial charge in [0.2, 0.25) is 5.91 Å². The lowest BCUT2D eigenvalue weighted by molar-refractivity contribution is -0.147. The summed E-state index contributed by atoms with van der Waals surface area (Å²) in [6.07, 6.45) is 1.29. The summed E-state index contributed by atoms with van der Waals surface area (Å²) in [7, 11) is 0. The zero-order chi connectivity index (χ0) is 14.5. The van der Waals surface area contributed by atoms with Gasteiger partial charge in [-0.15, -0.1) is 0 Å². The number of nitrogens with one attached hydrogen (secondary N) is 1. The average molecular weight is 264 g/mol. The van der Waals surface area contributed by atoms with Crippen LogP contribution in [0.25, 0.3) is 0 Å². The molecule has 0 aliphatic carbocycles. The van der Waals surface area contributed by atoms with Gasteiger partial charge >= 0.3 is 5.97 Å². The summed E-state index contributed by atoms with van der Waals surface area (Å²) in [4.78, 5) is 23.4. The predicted octanol–water partition coefficient (Wildman–Crippen LogP) is 1.23. The Kier molecular flexibility index (Phi) is 5.06. The minimum Gasteiger partial charge on any atom is -0.479 e. The molecule has 1 aromatic carbocycles. The molecule has 1 aromatic rings. The zero-order valence-corrected chi connectivity index (χ0v) is 11.2. The largest absolute Gasteiger partial charge is 0.479 e. The van der Waals surface area contributed by atoms with E-state index in [0.29, 0.717) is 12.0 Å². The van der Waals surface area contributed by atoms with E-state index in [1.807, 2.05) is 6.92 Å². The first-order valence-electron chi connectivity index (χ1n) is 6.28. The van der Waals surface area contributed by atoms with Crippen LogP contribution in [0.15, 0.2) is 30.3 Å². The molecule has 0 bridgehead atoms. The first-order valence-corrected chi connectivity index (χ1v) is 6.28. The van der Waals surface area contributed by atoms with Crippen LogP contribution in [0.1, 0.15) is 32.3 Å². The lowest BCUT2D eigenvalue weighted by atomic mass is 9.91. The van der Waals surface area contributed by atoms with Gasteiger partial charge in [0.1, 0.15) is 0 Å². The summed E-state index contributed by atoms with van der Waals surface area (Å²) in [5, 5.41) is 11.9. The van der Waals surface area contributed by atoms with Crippen molar-refractivity contribution in [2.24, 2.45) is 5.73 Å². The summed E-state index contributed by atoms with van der Waals surface area (Å²) in [6.45, 7) is 3.38. The van der Waals surface area contributed by atoms with Gasteiger partial charge in [0.25, 0.3) is 0 Å². The van der Waals surface area contributed by atoms with Crippen LogP contribution in [0.4, 0.5) is 0 Å². The number of aliphatic carboxylic acids is 1. The van der Waals surface area contributed by atoms with E-state index in [9.17, 15) is 14.7 Å². The molecule has 0 radical (unpaired) electrons. The number of benzene rings is 1. The fourth-order valence-electron chi connectivity index (χ4n) is 1.80. The maximum atomic E-state index is 11.9. The SMILES string of the molecule is CCC[C@@H](N)C(=O)NC(C)(C(=O)O)c1ccccc1. The molecule has 0 heterocycles. The molecule has 0 aromatic heterocycles. The van der Waals surface area contributed by atoms with Gasteiger partial charge in [-0.2, -0.15) is 0 Å². The van der Waals surface area contributed by atoms with Crippen molar-refractivity contribution < 1.29 is 14.7 Å². The molecule has 0 saturated heterocycles. The number of carboxylic acids is 1. The zero-order valence-electron chi connectivity index (χ0n) is 11.2. The Hall–Kier alpha value is -1.88. The second-order valence-corrected chi connectivity index (χ2v) is 4.68. The topological polar surface area (TPSA) is 92.4 Å². The van der Waals surface area contributed by atoms with Crippen molar-refractivity contribution >= 4 is 11.9 Å². The quantitative estimate of drug-likeness (QED) is 0.720. The number of nitrogens with two attached hydrogens (primary N) is 1. The molecular weight excluding hydrogens is 244 g/mol. The lowest BCUT2D eigenvalue weighted by Crippen LogP contribution is -2.54. The first kappa shape index (κ1) is 15.2. The van der Waals surface area contributed by atoms with Crippen LogP contribution in [0.5, 0.6) is 0 Å². The van der Waals surface area contributed by atoms with Crippen LogP contribution in [0, 0.1) is 0 Å². The van der Waals surface area contributed by atoms with Crippen molar-refractivity contribution in [2.45, 2.75) is 38.3 Å². The molecule has 0 spiro atoms. The number of carbonyl (C=O) groups is 2. The number of hydrogen-bond donors (Lipinski definition) is 3. The Morgan fingerprint density at radius 1 is 1.37 bits per heavy atom. The van der Waals surface area contributed by atoms with Crippen molar-refractivity contribution in [3.63, 3.8) is 0 Å². The average Bonchev–Trinajstić information content (AvgIpc) is 2.39. The van der Waals surface area contributed by atoms with Crippen LogP contribution >= 0.6 is 0 Å². The number of amides is 1. The number of carboxylic acid groups (broad SMARTS) is 1. The third kappa shape index (κ3) is 3.54. The molecule has 4 N–H and O–H groups in total. The molecule has 0 aliphatic heterocycles. The molecule has 1 rings (SSSR count). The second-order valence-electron chi connectivity index (χ2n) is 4.68. The molecule has 1 unspecified atom stereocenters. The van der Waals surface area contributed by atoms with E-state index in [1.54, 1.807) is 30.3 Å². The van der Waals surface area contributed by atoms with Crippen LogP contribution in [0.2, 0.25) is 0 Å². The van der Waals surface area contributed by atoms with Crippen LogP contribution < -0.4 is 11.1 Å². The molecular formula is C14H20N2O3. The third-order valence-electron chi connectivity index (χ3n) is 3.09. The van der Waals surface area contributed by atoms with Gasteiger partial charge in [-0.3, -0.25) is 4.79 Å². The molecule has 0 fully saturated rings. The van der Waals surface area contributed by atoms with Gasteiger partial charge in [-0.25, -0.2) is 4.79 Å². The van der Waals surface area contributed by atoms with Gasteiger partial charge in [-0.05, 0) is 18.9 Å². The van der Waals surface area contributed by atoms with Crippen molar-refractivity contribution in [1.29, 1.82) is 0 Å². The fraction of sp³-hybridized carbons (Fsp3) is 0.429. The summed E-state index contributed by atoms with van der Waals surface area (Å²) < 4.78 is 0. The van der Waals surface area contributed by atoms with E-state index < -0.39 is 23.5 Å². The van der Waals surface area contributed by atoms with Crippen LogP contribution in [-0.4, -0.2) is 23.0 Å². The Morgan fingerprint density at radius 2 is 1.95 bits per heavy atom. The van der Waals surface area contributed by atoms with Gasteiger partial charge in [-0.1, -0.05) is 43.7 Å². The highest BCUT2D eigenvalue weighted by Crippen LogP contribution is 2.21. The maximum absolute atomic E-state index is 11.9. The third-order valence-corrected chi connectivity index (χ3v) is 3.09. The monoisotopic (exact) mass is 264 g/mol. The maximum Gasteiger partial charge on any atom is 0.333 e. The number of hydrogen-bond acceptors (Lipinski definition) is 3. The fourth-order valence-corrected chi connectivity index (χ4v) is 1.80. The summed E-state index contributed by atoms with van der Waals surface area (Å²) in [6, 6.07) is 7.89. The van der Waals surface area contributed by atoms with E-state index in [-0.39, 0.29) is 0 Å². The van der Waals surface area contributed by atoms with E-state index >= 15 is 0 Å². The van der Waals surface area contributed by atoms with Gasteiger partial charge < -0.3 is 16.2 Å². The standard InChI is InChI=1S/C14H20N2O3/c1-3-7-11(15)12(17)16-14(2,13(18)19)10-8-5-4-6-9-10/h4-6,8-9,11H,3,7,15H2,1-2H3,(H,16,17)(H,18,19)/t11-,14?/m1/s1. The highest BCUT2D eigenvalue weighted by atomic mass is 16.4. The Labute approximate surface area is 112 Å². The van der Waals surface area contributed by atoms with Gasteiger partial charge in [0.05, 0.1) is 6.04 Å². The molecule has 2 atom stereocenters. The van der Waals surface area contributed by atoms with E-state index in [2.05, 4.69) is 5.32 Å². The van der Waals surface area contributed by atoms with Gasteiger partial charge in [0.15, 0.2) is 5.54 Å². The number of rotatable bonds is 6. The molecule has 0 saturated carbocycles. The second kappa shape index (κ2) is 6.33. The van der Waals surface area contributed by atoms with Crippen molar-refractivity contribution in [2.75, 3.05) is 0 Å². The van der Waals surface area contributed by atoms with Crippen molar-refractivity contribution in [3.8, 4) is 0 Å². The van der Waals surface area contributed by atoms with E-state index in [0.717, 1.165) is 6.42 Å². The van der Waals surface area contributed by atoms with E-state index in [1.165, 1.54) is 6.92 Å². The molecule has 1 amide bonds. The molecule has 19 heavy (non-hydrogen) atoms. The highest BCUT2D eigenvalue weighted by molar-refractivity contribution is 5.90. The lowest BCUT2D eigenvalue weighted by Gasteiger charge is -2.28.